The highest BCUT2D eigenvalue weighted by Gasteiger charge is 2.35. The summed E-state index contributed by atoms with van der Waals surface area (Å²) in [7, 11) is -2.75. The number of aromatic nitrogens is 2. The largest absolute Gasteiger partial charge is 0.378 e. The number of carbonyl (C=O) groups excluding carboxylic acids is 1. The first-order valence-electron chi connectivity index (χ1n) is 13.8. The number of hydrogen-bond donors (Lipinski definition) is 4. The zero-order valence-electron chi connectivity index (χ0n) is 23.3. The Morgan fingerprint density at radius 1 is 1.24 bits per heavy atom. The van der Waals surface area contributed by atoms with Crippen LogP contribution in [0.1, 0.15) is 67.9 Å². The normalized spacial score (nSPS) is 18.4. The lowest BCUT2D eigenvalue weighted by Gasteiger charge is -2.41. The third kappa shape index (κ3) is 7.50. The van der Waals surface area contributed by atoms with Crippen LogP contribution in [0.2, 0.25) is 0 Å². The molecule has 12 nitrogen and oxygen atoms in total. The van der Waals surface area contributed by atoms with Crippen molar-refractivity contribution in [2.75, 3.05) is 37.0 Å². The van der Waals surface area contributed by atoms with Crippen molar-refractivity contribution < 1.29 is 36.4 Å². The Kier molecular flexibility index (Phi) is 10.2. The molecule has 4 N–H and O–H groups in total. The van der Waals surface area contributed by atoms with Crippen LogP contribution in [0.4, 0.5) is 20.3 Å². The van der Waals surface area contributed by atoms with Crippen LogP contribution < -0.4 is 20.3 Å². The van der Waals surface area contributed by atoms with E-state index in [-0.39, 0.29) is 34.3 Å². The van der Waals surface area contributed by atoms with Gasteiger partial charge in [0, 0.05) is 26.3 Å². The molecule has 1 saturated carbocycles. The molecule has 2 fully saturated rings. The Morgan fingerprint density at radius 3 is 2.59 bits per heavy atom. The van der Waals surface area contributed by atoms with Crippen LogP contribution in [0.5, 0.6) is 0 Å². The van der Waals surface area contributed by atoms with Crippen molar-refractivity contribution in [3.8, 4) is 0 Å². The molecule has 2 aliphatic rings. The van der Waals surface area contributed by atoms with Gasteiger partial charge < -0.3 is 29.9 Å². The Balaban J connectivity index is 1.58. The third-order valence-electron chi connectivity index (χ3n) is 7.57. The molecule has 4 rings (SSSR count). The molecule has 0 spiro atoms. The molecule has 3 heterocycles. The number of alkyl halides is 2. The van der Waals surface area contributed by atoms with E-state index in [1.165, 1.54) is 12.3 Å². The molecular formula is C26H38F2N6O6S. The number of pyridine rings is 1. The summed E-state index contributed by atoms with van der Waals surface area (Å²) >= 11 is 0. The van der Waals surface area contributed by atoms with Gasteiger partial charge in [0.25, 0.3) is 12.3 Å². The SMILES string of the molecule is COC1CN(c2cc(N[C@@H](O)[C@@H](NC(=O)c3conc3C(C)C)C3CCCCC3)ncc2S(=O)(=O)NCC(F)F)C1. The Bertz CT molecular complexity index is 1280. The number of aliphatic hydroxyl groups excluding tert-OH is 1. The maximum absolute atomic E-state index is 13.2. The quantitative estimate of drug-likeness (QED) is 0.252. The fourth-order valence-corrected chi connectivity index (χ4v) is 6.41. The van der Waals surface area contributed by atoms with Crippen LogP contribution in [0.25, 0.3) is 0 Å². The van der Waals surface area contributed by atoms with Crippen LogP contribution in [0.15, 0.2) is 27.9 Å². The van der Waals surface area contributed by atoms with Crippen LogP contribution in [-0.2, 0) is 14.8 Å². The fraction of sp³-hybridized carbons (Fsp3) is 0.654. The molecule has 0 aromatic carbocycles. The second-order valence-electron chi connectivity index (χ2n) is 10.8. The molecule has 2 aromatic heterocycles. The average molecular weight is 601 g/mol. The van der Waals surface area contributed by atoms with Gasteiger partial charge in [-0.2, -0.15) is 0 Å². The Hall–Kier alpha value is -2.88. The van der Waals surface area contributed by atoms with Crippen molar-refractivity contribution in [1.82, 2.24) is 20.2 Å². The zero-order valence-corrected chi connectivity index (χ0v) is 24.2. The summed E-state index contributed by atoms with van der Waals surface area (Å²) in [6.45, 7) is 3.53. The van der Waals surface area contributed by atoms with Gasteiger partial charge in [-0.05, 0) is 24.7 Å². The summed E-state index contributed by atoms with van der Waals surface area (Å²) in [5.74, 6) is -0.326. The van der Waals surface area contributed by atoms with Gasteiger partial charge in [0.05, 0.1) is 36.3 Å². The number of ether oxygens (including phenoxy) is 1. The number of methoxy groups -OCH3 is 1. The zero-order chi connectivity index (χ0) is 29.7. The second kappa shape index (κ2) is 13.4. The highest BCUT2D eigenvalue weighted by Crippen LogP contribution is 2.33. The first-order valence-corrected chi connectivity index (χ1v) is 15.2. The number of nitrogens with one attached hydrogen (secondary N) is 3. The van der Waals surface area contributed by atoms with E-state index < -0.39 is 41.2 Å². The number of halogens is 2. The standard InChI is InChI=1S/C26H38F2N6O6S/c1-15(2)23-18(14-40-33-23)25(35)32-24(16-7-5-4-6-8-16)26(36)31-22-9-19(34-12-17(13-34)39-3)20(10-29-22)41(37,38)30-11-21(27)28/h9-10,14-17,21,24,26,30,36H,4-8,11-13H2,1-3H3,(H,29,31)(H,32,35)/t24-,26-/m0/s1. The van der Waals surface area contributed by atoms with E-state index in [0.717, 1.165) is 38.3 Å². The lowest BCUT2D eigenvalue weighted by molar-refractivity contribution is 0.0748. The number of amides is 1. The second-order valence-corrected chi connectivity index (χ2v) is 12.5. The minimum Gasteiger partial charge on any atom is -0.378 e. The summed E-state index contributed by atoms with van der Waals surface area (Å²) in [5.41, 5.74) is 1.04. The van der Waals surface area contributed by atoms with Gasteiger partial charge in [0.15, 0.2) is 0 Å². The van der Waals surface area contributed by atoms with Crippen molar-refractivity contribution in [2.45, 2.75) is 81.6 Å². The Morgan fingerprint density at radius 2 is 1.95 bits per heavy atom. The lowest BCUT2D eigenvalue weighted by atomic mass is 9.83. The maximum atomic E-state index is 13.2. The molecule has 228 valence electrons. The fourth-order valence-electron chi connectivity index (χ4n) is 5.25. The van der Waals surface area contributed by atoms with Crippen molar-refractivity contribution in [3.05, 3.63) is 29.8 Å². The van der Waals surface area contributed by atoms with Crippen molar-refractivity contribution >= 4 is 27.4 Å². The van der Waals surface area contributed by atoms with Gasteiger partial charge in [0.2, 0.25) is 10.0 Å². The summed E-state index contributed by atoms with van der Waals surface area (Å²) in [5, 5.41) is 21.2. The topological polar surface area (TPSA) is 159 Å². The predicted octanol–water partition coefficient (Wildman–Crippen LogP) is 2.68. The van der Waals surface area contributed by atoms with E-state index >= 15 is 0 Å². The molecule has 2 atom stereocenters. The summed E-state index contributed by atoms with van der Waals surface area (Å²) in [6, 6.07) is 0.754. The summed E-state index contributed by atoms with van der Waals surface area (Å²) in [4.78, 5) is 18.9. The van der Waals surface area contributed by atoms with Gasteiger partial charge in [-0.15, -0.1) is 0 Å². The Labute approximate surface area is 238 Å². The molecule has 0 bridgehead atoms. The molecule has 1 aliphatic heterocycles. The molecule has 2 aromatic rings. The first-order chi connectivity index (χ1) is 19.5. The van der Waals surface area contributed by atoms with Crippen molar-refractivity contribution in [3.63, 3.8) is 0 Å². The number of rotatable bonds is 13. The predicted molar refractivity (Wildman–Crippen MR) is 146 cm³/mol. The van der Waals surface area contributed by atoms with Crippen LogP contribution in [0, 0.1) is 5.92 Å². The van der Waals surface area contributed by atoms with E-state index in [2.05, 4.69) is 20.8 Å². The average Bonchev–Trinajstić information content (AvgIpc) is 3.41. The molecule has 1 aliphatic carbocycles. The number of hydrogen-bond acceptors (Lipinski definition) is 10. The highest BCUT2D eigenvalue weighted by atomic mass is 32.2. The first kappa shape index (κ1) is 31.1. The van der Waals surface area contributed by atoms with Gasteiger partial charge in [0.1, 0.15) is 28.8 Å². The van der Waals surface area contributed by atoms with Gasteiger partial charge in [-0.25, -0.2) is 26.9 Å². The number of anilines is 2. The molecule has 1 saturated heterocycles. The van der Waals surface area contributed by atoms with E-state index in [1.807, 2.05) is 18.6 Å². The van der Waals surface area contributed by atoms with Crippen LogP contribution in [0.3, 0.4) is 0 Å². The number of aliphatic hydroxyl groups is 1. The number of carbonyl (C=O) groups is 1. The smallest absolute Gasteiger partial charge is 0.256 e. The number of sulfonamides is 1. The van der Waals surface area contributed by atoms with E-state index in [1.54, 1.807) is 12.0 Å². The highest BCUT2D eigenvalue weighted by molar-refractivity contribution is 7.89. The molecule has 1 amide bonds. The van der Waals surface area contributed by atoms with Gasteiger partial charge >= 0.3 is 0 Å². The number of nitrogens with zero attached hydrogens (tertiary/aromatic N) is 3. The molecule has 41 heavy (non-hydrogen) atoms. The maximum Gasteiger partial charge on any atom is 0.256 e. The minimum absolute atomic E-state index is 0.0203. The molecular weight excluding hydrogens is 562 g/mol. The molecule has 15 heteroatoms. The molecule has 0 radical (unpaired) electrons. The van der Waals surface area contributed by atoms with Gasteiger partial charge in [-0.1, -0.05) is 38.3 Å². The lowest BCUT2D eigenvalue weighted by Crippen LogP contribution is -2.53. The third-order valence-corrected chi connectivity index (χ3v) is 9.01. The van der Waals surface area contributed by atoms with E-state index in [9.17, 15) is 27.1 Å². The summed E-state index contributed by atoms with van der Waals surface area (Å²) in [6.07, 6.45) is 2.72. The molecule has 0 unspecified atom stereocenters. The minimum atomic E-state index is -4.30. The van der Waals surface area contributed by atoms with Gasteiger partial charge in [-0.3, -0.25) is 4.79 Å². The van der Waals surface area contributed by atoms with Crippen molar-refractivity contribution in [1.29, 1.82) is 0 Å². The van der Waals surface area contributed by atoms with Crippen molar-refractivity contribution in [2.24, 2.45) is 5.92 Å². The van der Waals surface area contributed by atoms with E-state index in [0.29, 0.717) is 24.3 Å². The van der Waals surface area contributed by atoms with E-state index in [4.69, 9.17) is 9.26 Å². The summed E-state index contributed by atoms with van der Waals surface area (Å²) < 4.78 is 63.4. The van der Waals surface area contributed by atoms with Crippen LogP contribution in [-0.4, -0.2) is 81.1 Å². The monoisotopic (exact) mass is 600 g/mol. The van der Waals surface area contributed by atoms with Crippen LogP contribution >= 0.6 is 0 Å².